The fourth-order valence-electron chi connectivity index (χ4n) is 1.80. The van der Waals surface area contributed by atoms with Crippen molar-refractivity contribution in [3.63, 3.8) is 0 Å². The topological polar surface area (TPSA) is 63.6 Å². The average Bonchev–Trinajstić information content (AvgIpc) is 2.47. The molecule has 2 rings (SSSR count). The van der Waals surface area contributed by atoms with Gasteiger partial charge in [0.25, 0.3) is 0 Å². The molecule has 0 bridgehead atoms. The molecule has 21 heavy (non-hydrogen) atoms. The van der Waals surface area contributed by atoms with Crippen LogP contribution in [0.1, 0.15) is 34.1 Å². The van der Waals surface area contributed by atoms with Gasteiger partial charge in [-0.3, -0.25) is 4.79 Å². The first-order chi connectivity index (χ1) is 10.0. The Morgan fingerprint density at radius 1 is 1.14 bits per heavy atom. The first-order valence-electron chi connectivity index (χ1n) is 6.35. The van der Waals surface area contributed by atoms with Gasteiger partial charge in [0.1, 0.15) is 17.1 Å². The smallest absolute Gasteiger partial charge is 0.339 e. The molecular weight excluding hydrogens is 292 g/mol. The van der Waals surface area contributed by atoms with E-state index in [2.05, 4.69) is 0 Å². The van der Waals surface area contributed by atoms with Crippen molar-refractivity contribution in [3.8, 4) is 11.5 Å². The number of hydrogen-bond donors (Lipinski definition) is 1. The van der Waals surface area contributed by atoms with Crippen LogP contribution in [0.2, 0.25) is 5.02 Å². The van der Waals surface area contributed by atoms with Gasteiger partial charge in [0.05, 0.1) is 0 Å². The van der Waals surface area contributed by atoms with Gasteiger partial charge in [-0.1, -0.05) is 18.5 Å². The molecule has 2 aromatic rings. The van der Waals surface area contributed by atoms with Crippen LogP contribution >= 0.6 is 11.6 Å². The van der Waals surface area contributed by atoms with Crippen LogP contribution in [-0.2, 0) is 0 Å². The predicted octanol–water partition coefficient (Wildman–Crippen LogP) is 4.42. The van der Waals surface area contributed by atoms with Gasteiger partial charge in [0.2, 0.25) is 0 Å². The molecule has 0 atom stereocenters. The van der Waals surface area contributed by atoms with Crippen molar-refractivity contribution in [2.24, 2.45) is 0 Å². The fourth-order valence-corrected chi connectivity index (χ4v) is 1.96. The second kappa shape index (κ2) is 6.41. The standard InChI is InChI=1S/C16H13ClO4/c1-2-14(18)10-3-6-12(7-4-10)21-15-9-11(17)5-8-13(15)16(19)20/h3-9H,2H2,1H3,(H,19,20). The molecule has 0 saturated heterocycles. The summed E-state index contributed by atoms with van der Waals surface area (Å²) >= 11 is 5.86. The molecule has 0 spiro atoms. The monoisotopic (exact) mass is 304 g/mol. The van der Waals surface area contributed by atoms with E-state index >= 15 is 0 Å². The van der Waals surface area contributed by atoms with Crippen molar-refractivity contribution in [2.45, 2.75) is 13.3 Å². The van der Waals surface area contributed by atoms with Crippen LogP contribution in [0.4, 0.5) is 0 Å². The molecular formula is C16H13ClO4. The van der Waals surface area contributed by atoms with Gasteiger partial charge in [0.15, 0.2) is 5.78 Å². The van der Waals surface area contributed by atoms with Gasteiger partial charge >= 0.3 is 5.97 Å². The molecule has 0 aliphatic heterocycles. The summed E-state index contributed by atoms with van der Waals surface area (Å²) in [5, 5.41) is 9.50. The molecule has 0 fully saturated rings. The van der Waals surface area contributed by atoms with E-state index in [0.29, 0.717) is 22.8 Å². The summed E-state index contributed by atoms with van der Waals surface area (Å²) in [5.74, 6) is -0.466. The van der Waals surface area contributed by atoms with Crippen LogP contribution in [0.15, 0.2) is 42.5 Å². The Balaban J connectivity index is 2.28. The number of halogens is 1. The summed E-state index contributed by atoms with van der Waals surface area (Å²) in [6, 6.07) is 10.8. The van der Waals surface area contributed by atoms with Gasteiger partial charge in [-0.25, -0.2) is 4.79 Å². The van der Waals surface area contributed by atoms with Crippen molar-refractivity contribution in [2.75, 3.05) is 0 Å². The molecule has 2 aromatic carbocycles. The molecule has 0 radical (unpaired) electrons. The zero-order chi connectivity index (χ0) is 15.4. The zero-order valence-electron chi connectivity index (χ0n) is 11.3. The molecule has 0 unspecified atom stereocenters. The Hall–Kier alpha value is -2.33. The van der Waals surface area contributed by atoms with E-state index < -0.39 is 5.97 Å². The molecule has 1 N–H and O–H groups in total. The van der Waals surface area contributed by atoms with E-state index in [0.717, 1.165) is 0 Å². The lowest BCUT2D eigenvalue weighted by Gasteiger charge is -2.09. The van der Waals surface area contributed by atoms with E-state index in [-0.39, 0.29) is 17.1 Å². The first-order valence-corrected chi connectivity index (χ1v) is 6.73. The number of carboxylic acids is 1. The molecule has 0 amide bonds. The molecule has 4 nitrogen and oxygen atoms in total. The highest BCUT2D eigenvalue weighted by Crippen LogP contribution is 2.28. The van der Waals surface area contributed by atoms with Crippen LogP contribution in [0, 0.1) is 0 Å². The Bertz CT molecular complexity index is 677. The third kappa shape index (κ3) is 3.61. The maximum absolute atomic E-state index is 11.5. The molecule has 0 aliphatic carbocycles. The summed E-state index contributed by atoms with van der Waals surface area (Å²) < 4.78 is 5.54. The minimum atomic E-state index is -1.10. The molecule has 0 aromatic heterocycles. The van der Waals surface area contributed by atoms with Crippen molar-refractivity contribution in [1.82, 2.24) is 0 Å². The maximum Gasteiger partial charge on any atom is 0.339 e. The highest BCUT2D eigenvalue weighted by Gasteiger charge is 2.13. The summed E-state index contributed by atoms with van der Waals surface area (Å²) in [6.07, 6.45) is 0.428. The Kier molecular flexibility index (Phi) is 4.60. The zero-order valence-corrected chi connectivity index (χ0v) is 12.1. The summed E-state index contributed by atoms with van der Waals surface area (Å²) in [7, 11) is 0. The quantitative estimate of drug-likeness (QED) is 0.830. The molecule has 0 heterocycles. The van der Waals surface area contributed by atoms with E-state index in [1.807, 2.05) is 0 Å². The summed E-state index contributed by atoms with van der Waals surface area (Å²) in [6.45, 7) is 1.79. The lowest BCUT2D eigenvalue weighted by molar-refractivity contribution is 0.0694. The van der Waals surface area contributed by atoms with Crippen molar-refractivity contribution in [3.05, 3.63) is 58.6 Å². The predicted molar refractivity (Wildman–Crippen MR) is 79.5 cm³/mol. The van der Waals surface area contributed by atoms with Gasteiger partial charge in [-0.15, -0.1) is 0 Å². The van der Waals surface area contributed by atoms with Crippen molar-refractivity contribution < 1.29 is 19.4 Å². The van der Waals surface area contributed by atoms with E-state index in [1.165, 1.54) is 18.2 Å². The highest BCUT2D eigenvalue weighted by atomic mass is 35.5. The maximum atomic E-state index is 11.5. The third-order valence-electron chi connectivity index (χ3n) is 2.90. The number of rotatable bonds is 5. The minimum absolute atomic E-state index is 0.0214. The van der Waals surface area contributed by atoms with Gasteiger partial charge in [0, 0.05) is 23.1 Å². The minimum Gasteiger partial charge on any atom is -0.478 e. The van der Waals surface area contributed by atoms with Gasteiger partial charge in [-0.2, -0.15) is 0 Å². The fraction of sp³-hybridized carbons (Fsp3) is 0.125. The number of hydrogen-bond acceptors (Lipinski definition) is 3. The first kappa shape index (κ1) is 15.1. The molecule has 0 saturated carbocycles. The average molecular weight is 305 g/mol. The Morgan fingerprint density at radius 2 is 1.81 bits per heavy atom. The van der Waals surface area contributed by atoms with E-state index in [4.69, 9.17) is 21.4 Å². The van der Waals surface area contributed by atoms with Gasteiger partial charge < -0.3 is 9.84 Å². The van der Waals surface area contributed by atoms with E-state index in [9.17, 15) is 9.59 Å². The lowest BCUT2D eigenvalue weighted by atomic mass is 10.1. The van der Waals surface area contributed by atoms with Crippen LogP contribution < -0.4 is 4.74 Å². The van der Waals surface area contributed by atoms with Crippen LogP contribution in [0.5, 0.6) is 11.5 Å². The Morgan fingerprint density at radius 3 is 2.38 bits per heavy atom. The van der Waals surface area contributed by atoms with Crippen molar-refractivity contribution >= 4 is 23.4 Å². The second-order valence-corrected chi connectivity index (χ2v) is 4.79. The number of Topliss-reactive ketones (excluding diaryl/α,β-unsaturated/α-hetero) is 1. The van der Waals surface area contributed by atoms with Crippen LogP contribution in [-0.4, -0.2) is 16.9 Å². The number of benzene rings is 2. The van der Waals surface area contributed by atoms with Crippen molar-refractivity contribution in [1.29, 1.82) is 0 Å². The number of carboxylic acid groups (broad SMARTS) is 1. The van der Waals surface area contributed by atoms with Crippen LogP contribution in [0.25, 0.3) is 0 Å². The highest BCUT2D eigenvalue weighted by molar-refractivity contribution is 6.30. The number of carbonyl (C=O) groups excluding carboxylic acids is 1. The number of ketones is 1. The SMILES string of the molecule is CCC(=O)c1ccc(Oc2cc(Cl)ccc2C(=O)O)cc1. The molecule has 0 aliphatic rings. The molecule has 108 valence electrons. The Labute approximate surface area is 126 Å². The third-order valence-corrected chi connectivity index (χ3v) is 3.13. The number of carbonyl (C=O) groups is 2. The molecule has 5 heteroatoms. The van der Waals surface area contributed by atoms with Crippen LogP contribution in [0.3, 0.4) is 0 Å². The lowest BCUT2D eigenvalue weighted by Crippen LogP contribution is -2.00. The summed E-state index contributed by atoms with van der Waals surface area (Å²) in [4.78, 5) is 22.7. The largest absolute Gasteiger partial charge is 0.478 e. The summed E-state index contributed by atoms with van der Waals surface area (Å²) in [5.41, 5.74) is 0.613. The number of ether oxygens (including phenoxy) is 1. The second-order valence-electron chi connectivity index (χ2n) is 4.35. The number of aromatic carboxylic acids is 1. The normalized spacial score (nSPS) is 10.2. The van der Waals surface area contributed by atoms with E-state index in [1.54, 1.807) is 31.2 Å². The van der Waals surface area contributed by atoms with Gasteiger partial charge in [-0.05, 0) is 36.4 Å².